The average Bonchev–Trinajstić information content (AvgIpc) is 3.51. The molecule has 1 aromatic heterocycles. The molecule has 2 aliphatic rings. The number of aryl methyl sites for hydroxylation is 1. The van der Waals surface area contributed by atoms with Crippen molar-refractivity contribution in [2.24, 2.45) is 0 Å². The summed E-state index contributed by atoms with van der Waals surface area (Å²) < 4.78 is 12.9. The summed E-state index contributed by atoms with van der Waals surface area (Å²) in [5.41, 5.74) is 4.08. The van der Waals surface area contributed by atoms with E-state index in [1.54, 1.807) is 16.2 Å². The third-order valence-corrected chi connectivity index (χ3v) is 9.01. The standard InChI is InChI=1S/C34H37N3O4S/c38-33-14-12-27-11-13-28(24-31(27)37(33)25-41-34(39)23-26-7-2-1-3-8-26)40-21-5-4-16-35-17-19-36(20-18-35)30-9-6-10-32-29(30)15-22-42-32/h1-3,6-11,13,15,22,24H,4-5,12,14,16-21,23,25H2. The first-order valence-corrected chi connectivity index (χ1v) is 15.7. The summed E-state index contributed by atoms with van der Waals surface area (Å²) in [6.07, 6.45) is 3.30. The average molecular weight is 584 g/mol. The Morgan fingerprint density at radius 3 is 2.57 bits per heavy atom. The number of rotatable bonds is 11. The molecule has 3 aromatic carbocycles. The number of thiophene rings is 1. The second-order valence-electron chi connectivity index (χ2n) is 10.9. The van der Waals surface area contributed by atoms with Gasteiger partial charge in [-0.15, -0.1) is 11.3 Å². The Morgan fingerprint density at radius 2 is 1.71 bits per heavy atom. The Labute approximate surface area is 251 Å². The molecule has 2 aliphatic heterocycles. The molecule has 218 valence electrons. The minimum Gasteiger partial charge on any atom is -0.494 e. The zero-order valence-corrected chi connectivity index (χ0v) is 24.7. The molecular weight excluding hydrogens is 546 g/mol. The lowest BCUT2D eigenvalue weighted by Gasteiger charge is -2.36. The number of piperazine rings is 1. The van der Waals surface area contributed by atoms with Gasteiger partial charge in [-0.3, -0.25) is 19.4 Å². The van der Waals surface area contributed by atoms with Gasteiger partial charge < -0.3 is 14.4 Å². The van der Waals surface area contributed by atoms with Gasteiger partial charge in [-0.05, 0) is 66.6 Å². The van der Waals surface area contributed by atoms with Crippen molar-refractivity contribution >= 4 is 44.7 Å². The van der Waals surface area contributed by atoms with E-state index in [1.165, 1.54) is 15.8 Å². The number of esters is 1. The molecular formula is C34H37N3O4S. The first-order chi connectivity index (χ1) is 20.6. The van der Waals surface area contributed by atoms with E-state index in [0.717, 1.165) is 68.1 Å². The molecule has 4 aromatic rings. The highest BCUT2D eigenvalue weighted by atomic mass is 32.1. The largest absolute Gasteiger partial charge is 0.494 e. The Balaban J connectivity index is 0.943. The second-order valence-corrected chi connectivity index (χ2v) is 11.9. The van der Waals surface area contributed by atoms with Gasteiger partial charge in [0, 0.05) is 54.4 Å². The fourth-order valence-corrected chi connectivity index (χ4v) is 6.60. The van der Waals surface area contributed by atoms with Crippen LogP contribution in [0.1, 0.15) is 30.4 Å². The zero-order chi connectivity index (χ0) is 28.7. The van der Waals surface area contributed by atoms with E-state index in [2.05, 4.69) is 39.4 Å². The van der Waals surface area contributed by atoms with Crippen LogP contribution in [-0.2, 0) is 27.2 Å². The summed E-state index contributed by atoms with van der Waals surface area (Å²) in [6.45, 7) is 5.86. The number of nitrogens with zero attached hydrogens (tertiary/aromatic N) is 3. The van der Waals surface area contributed by atoms with E-state index < -0.39 is 0 Å². The fourth-order valence-electron chi connectivity index (χ4n) is 5.79. The molecule has 0 radical (unpaired) electrons. The van der Waals surface area contributed by atoms with E-state index in [-0.39, 0.29) is 25.0 Å². The summed E-state index contributed by atoms with van der Waals surface area (Å²) in [6, 6.07) is 24.2. The van der Waals surface area contributed by atoms with Gasteiger partial charge in [0.15, 0.2) is 6.73 Å². The molecule has 1 fully saturated rings. The number of carbonyl (C=O) groups is 2. The number of hydrogen-bond donors (Lipinski definition) is 0. The normalized spacial score (nSPS) is 15.6. The van der Waals surface area contributed by atoms with Gasteiger partial charge in [-0.2, -0.15) is 0 Å². The van der Waals surface area contributed by atoms with Crippen LogP contribution in [0.15, 0.2) is 78.2 Å². The molecule has 0 bridgehead atoms. The summed E-state index contributed by atoms with van der Waals surface area (Å²) in [4.78, 5) is 31.7. The molecule has 8 heteroatoms. The highest BCUT2D eigenvalue weighted by Crippen LogP contribution is 2.32. The molecule has 3 heterocycles. The van der Waals surface area contributed by atoms with Crippen molar-refractivity contribution in [2.45, 2.75) is 32.1 Å². The Bertz CT molecular complexity index is 1510. The number of ether oxygens (including phenoxy) is 2. The number of anilines is 2. The summed E-state index contributed by atoms with van der Waals surface area (Å²) in [5, 5.41) is 3.55. The highest BCUT2D eigenvalue weighted by molar-refractivity contribution is 7.17. The second kappa shape index (κ2) is 13.4. The predicted molar refractivity (Wildman–Crippen MR) is 169 cm³/mol. The van der Waals surface area contributed by atoms with Gasteiger partial charge in [0.25, 0.3) is 0 Å². The maximum atomic E-state index is 12.7. The number of fused-ring (bicyclic) bond motifs is 2. The van der Waals surface area contributed by atoms with Crippen LogP contribution in [-0.4, -0.2) is 62.8 Å². The lowest BCUT2D eigenvalue weighted by atomic mass is 10.0. The molecule has 42 heavy (non-hydrogen) atoms. The molecule has 0 unspecified atom stereocenters. The number of amides is 1. The molecule has 0 spiro atoms. The van der Waals surface area contributed by atoms with Crippen LogP contribution < -0.4 is 14.5 Å². The SMILES string of the molecule is O=C(Cc1ccccc1)OCN1C(=O)CCc2ccc(OCCCCN3CCN(c4cccc5sccc45)CC3)cc21. The van der Waals surface area contributed by atoms with Gasteiger partial charge in [0.05, 0.1) is 18.7 Å². The Kier molecular flexibility index (Phi) is 9.01. The fraction of sp³-hybridized carbons (Fsp3) is 0.353. The first-order valence-electron chi connectivity index (χ1n) is 14.8. The molecule has 0 atom stereocenters. The Morgan fingerprint density at radius 1 is 0.857 bits per heavy atom. The van der Waals surface area contributed by atoms with Crippen molar-refractivity contribution in [3.63, 3.8) is 0 Å². The number of benzene rings is 3. The topological polar surface area (TPSA) is 62.3 Å². The molecule has 1 amide bonds. The van der Waals surface area contributed by atoms with Gasteiger partial charge in [0.2, 0.25) is 5.91 Å². The monoisotopic (exact) mass is 583 g/mol. The van der Waals surface area contributed by atoms with Crippen molar-refractivity contribution in [1.82, 2.24) is 4.90 Å². The summed E-state index contributed by atoms with van der Waals surface area (Å²) >= 11 is 1.81. The quantitative estimate of drug-likeness (QED) is 0.162. The van der Waals surface area contributed by atoms with Crippen LogP contribution in [0.5, 0.6) is 5.75 Å². The third kappa shape index (κ3) is 6.77. The van der Waals surface area contributed by atoms with Crippen molar-refractivity contribution in [3.8, 4) is 5.75 Å². The minimum absolute atomic E-state index is 0.0423. The van der Waals surface area contributed by atoms with E-state index in [4.69, 9.17) is 9.47 Å². The van der Waals surface area contributed by atoms with Gasteiger partial charge in [-0.1, -0.05) is 42.5 Å². The van der Waals surface area contributed by atoms with Crippen LogP contribution >= 0.6 is 11.3 Å². The van der Waals surface area contributed by atoms with Gasteiger partial charge >= 0.3 is 5.97 Å². The summed E-state index contributed by atoms with van der Waals surface area (Å²) in [7, 11) is 0. The maximum absolute atomic E-state index is 12.7. The van der Waals surface area contributed by atoms with E-state index in [9.17, 15) is 9.59 Å². The maximum Gasteiger partial charge on any atom is 0.311 e. The molecule has 0 N–H and O–H groups in total. The van der Waals surface area contributed by atoms with Gasteiger partial charge in [-0.25, -0.2) is 0 Å². The lowest BCUT2D eigenvalue weighted by Crippen LogP contribution is -2.46. The molecule has 6 rings (SSSR count). The van der Waals surface area contributed by atoms with E-state index >= 15 is 0 Å². The van der Waals surface area contributed by atoms with E-state index in [1.807, 2.05) is 48.5 Å². The van der Waals surface area contributed by atoms with Crippen molar-refractivity contribution < 1.29 is 19.1 Å². The number of unbranched alkanes of at least 4 members (excludes halogenated alkanes) is 1. The lowest BCUT2D eigenvalue weighted by molar-refractivity contribution is -0.143. The van der Waals surface area contributed by atoms with Crippen LogP contribution in [0.2, 0.25) is 0 Å². The van der Waals surface area contributed by atoms with Crippen molar-refractivity contribution in [2.75, 3.05) is 55.9 Å². The molecule has 0 saturated carbocycles. The van der Waals surface area contributed by atoms with Crippen LogP contribution in [0.4, 0.5) is 11.4 Å². The Hall–Kier alpha value is -3.88. The number of hydrogen-bond acceptors (Lipinski definition) is 7. The summed E-state index contributed by atoms with van der Waals surface area (Å²) in [5.74, 6) is 0.342. The smallest absolute Gasteiger partial charge is 0.311 e. The zero-order valence-electron chi connectivity index (χ0n) is 23.9. The minimum atomic E-state index is -0.352. The van der Waals surface area contributed by atoms with Crippen LogP contribution in [0.25, 0.3) is 10.1 Å². The third-order valence-electron chi connectivity index (χ3n) is 8.13. The van der Waals surface area contributed by atoms with Crippen LogP contribution in [0, 0.1) is 0 Å². The van der Waals surface area contributed by atoms with Gasteiger partial charge in [0.1, 0.15) is 5.75 Å². The van der Waals surface area contributed by atoms with Crippen LogP contribution in [0.3, 0.4) is 0 Å². The highest BCUT2D eigenvalue weighted by Gasteiger charge is 2.26. The predicted octanol–water partition coefficient (Wildman–Crippen LogP) is 5.91. The number of carbonyl (C=O) groups excluding carboxylic acids is 2. The molecule has 1 saturated heterocycles. The first kappa shape index (κ1) is 28.2. The molecule has 7 nitrogen and oxygen atoms in total. The molecule has 0 aliphatic carbocycles. The van der Waals surface area contributed by atoms with Crippen molar-refractivity contribution in [1.29, 1.82) is 0 Å². The van der Waals surface area contributed by atoms with E-state index in [0.29, 0.717) is 19.4 Å². The van der Waals surface area contributed by atoms with Crippen molar-refractivity contribution in [3.05, 3.63) is 89.3 Å².